The van der Waals surface area contributed by atoms with Crippen LogP contribution in [0.25, 0.3) is 0 Å². The van der Waals surface area contributed by atoms with Crippen molar-refractivity contribution in [2.45, 2.75) is 20.3 Å². The minimum atomic E-state index is 0.546. The van der Waals surface area contributed by atoms with E-state index in [0.29, 0.717) is 24.8 Å². The molecule has 0 aliphatic rings. The highest BCUT2D eigenvalue weighted by Gasteiger charge is 2.00. The molecule has 90 valence electrons. The molecule has 16 heavy (non-hydrogen) atoms. The molecular weight excluding hydrogens is 202 g/mol. The van der Waals surface area contributed by atoms with Gasteiger partial charge in [-0.15, -0.1) is 0 Å². The van der Waals surface area contributed by atoms with Crippen LogP contribution in [0.5, 0.6) is 5.75 Å². The number of ether oxygens (including phenoxy) is 2. The zero-order chi connectivity index (χ0) is 11.8. The fourth-order valence-corrected chi connectivity index (χ4v) is 1.22. The molecule has 1 aromatic rings. The number of hydrogen-bond acceptors (Lipinski definition) is 3. The summed E-state index contributed by atoms with van der Waals surface area (Å²) in [4.78, 5) is 0. The van der Waals surface area contributed by atoms with Crippen LogP contribution < -0.4 is 10.5 Å². The first-order valence-electron chi connectivity index (χ1n) is 5.79. The Morgan fingerprint density at radius 2 is 2.00 bits per heavy atom. The van der Waals surface area contributed by atoms with Crippen molar-refractivity contribution in [1.82, 2.24) is 0 Å². The van der Waals surface area contributed by atoms with Gasteiger partial charge in [-0.1, -0.05) is 32.4 Å². The van der Waals surface area contributed by atoms with E-state index in [2.05, 4.69) is 13.8 Å². The predicted molar refractivity (Wildman–Crippen MR) is 66.6 cm³/mol. The lowest BCUT2D eigenvalue weighted by Gasteiger charge is -2.11. The Labute approximate surface area is 97.6 Å². The highest BCUT2D eigenvalue weighted by molar-refractivity contribution is 5.51. The van der Waals surface area contributed by atoms with Crippen LogP contribution in [0.1, 0.15) is 20.3 Å². The van der Waals surface area contributed by atoms with E-state index >= 15 is 0 Å². The molecule has 0 saturated heterocycles. The predicted octanol–water partition coefficient (Wildman–Crippen LogP) is 2.71. The van der Waals surface area contributed by atoms with E-state index in [1.54, 1.807) is 0 Å². The maximum absolute atomic E-state index is 5.74. The quantitative estimate of drug-likeness (QED) is 0.571. The molecule has 1 unspecified atom stereocenters. The number of anilines is 1. The number of nitrogens with two attached hydrogens (primary N) is 1. The zero-order valence-electron chi connectivity index (χ0n) is 10.1. The Morgan fingerprint density at radius 1 is 1.25 bits per heavy atom. The van der Waals surface area contributed by atoms with Crippen LogP contribution >= 0.6 is 0 Å². The molecule has 0 amide bonds. The minimum Gasteiger partial charge on any atom is -0.489 e. The molecule has 0 aliphatic heterocycles. The molecule has 0 bridgehead atoms. The van der Waals surface area contributed by atoms with E-state index in [9.17, 15) is 0 Å². The second-order valence-electron chi connectivity index (χ2n) is 3.97. The molecule has 0 aliphatic carbocycles. The molecule has 1 aromatic carbocycles. The van der Waals surface area contributed by atoms with E-state index in [1.807, 2.05) is 24.3 Å². The van der Waals surface area contributed by atoms with Crippen molar-refractivity contribution in [2.75, 3.05) is 25.6 Å². The van der Waals surface area contributed by atoms with Gasteiger partial charge in [-0.2, -0.15) is 0 Å². The Morgan fingerprint density at radius 3 is 2.69 bits per heavy atom. The van der Waals surface area contributed by atoms with Gasteiger partial charge in [0, 0.05) is 6.61 Å². The average Bonchev–Trinajstić information content (AvgIpc) is 2.30. The summed E-state index contributed by atoms with van der Waals surface area (Å²) in [6.45, 7) is 6.29. The van der Waals surface area contributed by atoms with Gasteiger partial charge < -0.3 is 15.2 Å². The van der Waals surface area contributed by atoms with Crippen LogP contribution in [0.2, 0.25) is 0 Å². The highest BCUT2D eigenvalue weighted by atomic mass is 16.5. The fourth-order valence-electron chi connectivity index (χ4n) is 1.22. The van der Waals surface area contributed by atoms with E-state index in [4.69, 9.17) is 15.2 Å². The molecular formula is C13H21NO2. The maximum Gasteiger partial charge on any atom is 0.142 e. The lowest BCUT2D eigenvalue weighted by atomic mass is 10.1. The second-order valence-corrected chi connectivity index (χ2v) is 3.97. The van der Waals surface area contributed by atoms with Gasteiger partial charge in [0.2, 0.25) is 0 Å². The van der Waals surface area contributed by atoms with E-state index in [0.717, 1.165) is 18.8 Å². The van der Waals surface area contributed by atoms with Crippen LogP contribution in [0, 0.1) is 5.92 Å². The van der Waals surface area contributed by atoms with Gasteiger partial charge in [-0.3, -0.25) is 0 Å². The number of hydrogen-bond donors (Lipinski definition) is 1. The number of para-hydroxylation sites is 2. The first-order chi connectivity index (χ1) is 7.74. The summed E-state index contributed by atoms with van der Waals surface area (Å²) < 4.78 is 11.0. The van der Waals surface area contributed by atoms with E-state index in [-0.39, 0.29) is 0 Å². The molecule has 3 heteroatoms. The second kappa shape index (κ2) is 7.12. The van der Waals surface area contributed by atoms with Crippen LogP contribution in [0.15, 0.2) is 24.3 Å². The summed E-state index contributed by atoms with van der Waals surface area (Å²) in [6.07, 6.45) is 1.15. The summed E-state index contributed by atoms with van der Waals surface area (Å²) in [5.41, 5.74) is 6.41. The molecule has 0 spiro atoms. The van der Waals surface area contributed by atoms with Gasteiger partial charge in [0.05, 0.1) is 12.3 Å². The largest absolute Gasteiger partial charge is 0.489 e. The molecule has 0 fully saturated rings. The van der Waals surface area contributed by atoms with Crippen molar-refractivity contribution >= 4 is 5.69 Å². The third kappa shape index (κ3) is 4.53. The smallest absolute Gasteiger partial charge is 0.142 e. The lowest BCUT2D eigenvalue weighted by molar-refractivity contribution is 0.0773. The summed E-state index contributed by atoms with van der Waals surface area (Å²) in [7, 11) is 0. The Kier molecular flexibility index (Phi) is 5.72. The number of nitrogen functional groups attached to an aromatic ring is 1. The molecule has 3 nitrogen and oxygen atoms in total. The first-order valence-corrected chi connectivity index (χ1v) is 5.79. The lowest BCUT2D eigenvalue weighted by Crippen LogP contribution is -2.11. The molecule has 0 aromatic heterocycles. The van der Waals surface area contributed by atoms with Gasteiger partial charge >= 0.3 is 0 Å². The summed E-state index contributed by atoms with van der Waals surface area (Å²) in [5.74, 6) is 1.34. The molecule has 1 rings (SSSR count). The van der Waals surface area contributed by atoms with Crippen molar-refractivity contribution < 1.29 is 9.47 Å². The summed E-state index contributed by atoms with van der Waals surface area (Å²) in [5, 5.41) is 0. The standard InChI is InChI=1S/C13H21NO2/c1-3-11(2)10-15-8-9-16-13-7-5-4-6-12(13)14/h4-7,11H,3,8-10,14H2,1-2H3. The molecule has 0 heterocycles. The average molecular weight is 223 g/mol. The van der Waals surface area contributed by atoms with Crippen LogP contribution in [-0.2, 0) is 4.74 Å². The normalized spacial score (nSPS) is 12.4. The van der Waals surface area contributed by atoms with E-state index in [1.165, 1.54) is 0 Å². The molecule has 0 radical (unpaired) electrons. The van der Waals surface area contributed by atoms with Gasteiger partial charge in [0.15, 0.2) is 0 Å². The van der Waals surface area contributed by atoms with Crippen molar-refractivity contribution in [1.29, 1.82) is 0 Å². The topological polar surface area (TPSA) is 44.5 Å². The van der Waals surface area contributed by atoms with Gasteiger partial charge in [-0.05, 0) is 18.1 Å². The van der Waals surface area contributed by atoms with Gasteiger partial charge in [0.1, 0.15) is 12.4 Å². The SMILES string of the molecule is CCC(C)COCCOc1ccccc1N. The Balaban J connectivity index is 2.14. The zero-order valence-corrected chi connectivity index (χ0v) is 10.1. The number of benzene rings is 1. The highest BCUT2D eigenvalue weighted by Crippen LogP contribution is 2.19. The van der Waals surface area contributed by atoms with Crippen molar-refractivity contribution in [3.63, 3.8) is 0 Å². The third-order valence-electron chi connectivity index (χ3n) is 2.50. The van der Waals surface area contributed by atoms with Gasteiger partial charge in [-0.25, -0.2) is 0 Å². The van der Waals surface area contributed by atoms with Gasteiger partial charge in [0.25, 0.3) is 0 Å². The molecule has 2 N–H and O–H groups in total. The van der Waals surface area contributed by atoms with Crippen molar-refractivity contribution in [3.8, 4) is 5.75 Å². The molecule has 1 atom stereocenters. The van der Waals surface area contributed by atoms with Crippen LogP contribution in [0.4, 0.5) is 5.69 Å². The molecule has 0 saturated carbocycles. The first kappa shape index (κ1) is 12.8. The minimum absolute atomic E-state index is 0.546. The van der Waals surface area contributed by atoms with Crippen LogP contribution in [0.3, 0.4) is 0 Å². The fraction of sp³-hybridized carbons (Fsp3) is 0.538. The van der Waals surface area contributed by atoms with Crippen molar-refractivity contribution in [3.05, 3.63) is 24.3 Å². The maximum atomic E-state index is 5.74. The Bertz CT molecular complexity index is 302. The summed E-state index contributed by atoms with van der Waals surface area (Å²) in [6, 6.07) is 7.49. The Hall–Kier alpha value is -1.22. The van der Waals surface area contributed by atoms with E-state index < -0.39 is 0 Å². The monoisotopic (exact) mass is 223 g/mol. The third-order valence-corrected chi connectivity index (χ3v) is 2.50. The summed E-state index contributed by atoms with van der Waals surface area (Å²) >= 11 is 0. The van der Waals surface area contributed by atoms with Crippen LogP contribution in [-0.4, -0.2) is 19.8 Å². The number of rotatable bonds is 7. The van der Waals surface area contributed by atoms with Crippen molar-refractivity contribution in [2.24, 2.45) is 5.92 Å².